The number of hydrogen-bond acceptors (Lipinski definition) is 1. The van der Waals surface area contributed by atoms with Crippen molar-refractivity contribution in [2.45, 2.75) is 155 Å². The van der Waals surface area contributed by atoms with Crippen LogP contribution in [0.1, 0.15) is 155 Å². The molecule has 0 aromatic heterocycles. The first-order valence-electron chi connectivity index (χ1n) is 12.9. The van der Waals surface area contributed by atoms with Crippen LogP contribution in [0.15, 0.2) is 0 Å². The van der Waals surface area contributed by atoms with Crippen molar-refractivity contribution < 1.29 is 9.90 Å². The van der Waals surface area contributed by atoms with E-state index in [1.54, 1.807) is 0 Å². The summed E-state index contributed by atoms with van der Waals surface area (Å²) in [5, 5.41) is 9.36. The minimum absolute atomic E-state index is 0.0940. The van der Waals surface area contributed by atoms with Gasteiger partial charge in [-0.1, -0.05) is 142 Å². The van der Waals surface area contributed by atoms with Crippen LogP contribution in [-0.2, 0) is 4.79 Å². The van der Waals surface area contributed by atoms with Crippen molar-refractivity contribution in [3.05, 3.63) is 0 Å². The summed E-state index contributed by atoms with van der Waals surface area (Å²) in [5.74, 6) is -0.666. The van der Waals surface area contributed by atoms with Crippen LogP contribution in [0.3, 0.4) is 0 Å². The maximum Gasteiger partial charge on any atom is 0.306 e. The Morgan fingerprint density at radius 3 is 1.04 bits per heavy atom. The third-order valence-electron chi connectivity index (χ3n) is 6.16. The van der Waals surface area contributed by atoms with Gasteiger partial charge in [0.1, 0.15) is 0 Å². The number of carbonyl (C=O) groups is 1. The Labute approximate surface area is 177 Å². The van der Waals surface area contributed by atoms with Gasteiger partial charge in [0.15, 0.2) is 0 Å². The quantitative estimate of drug-likeness (QED) is 0.175. The van der Waals surface area contributed by atoms with Crippen molar-refractivity contribution in [1.82, 2.24) is 0 Å². The molecule has 0 aliphatic heterocycles. The van der Waals surface area contributed by atoms with Gasteiger partial charge in [-0.25, -0.2) is 0 Å². The molecule has 1 atom stereocenters. The Bertz CT molecular complexity index is 314. The molecule has 0 aliphatic rings. The van der Waals surface area contributed by atoms with Crippen molar-refractivity contribution in [3.8, 4) is 0 Å². The number of carboxylic acids is 1. The Morgan fingerprint density at radius 1 is 0.500 bits per heavy atom. The molecule has 168 valence electrons. The molecular formula is C26H52O2. The van der Waals surface area contributed by atoms with Crippen LogP contribution in [0.4, 0.5) is 0 Å². The highest BCUT2D eigenvalue weighted by molar-refractivity contribution is 5.69. The fourth-order valence-electron chi connectivity index (χ4n) is 4.15. The summed E-state index contributed by atoms with van der Waals surface area (Å²) in [6.45, 7) is 4.48. The van der Waals surface area contributed by atoms with Gasteiger partial charge in [-0.2, -0.15) is 0 Å². The van der Waals surface area contributed by atoms with E-state index in [1.807, 2.05) is 0 Å². The Morgan fingerprint density at radius 2 is 0.750 bits per heavy atom. The zero-order valence-electron chi connectivity index (χ0n) is 19.5. The van der Waals surface area contributed by atoms with Crippen molar-refractivity contribution in [1.29, 1.82) is 0 Å². The van der Waals surface area contributed by atoms with E-state index in [0.29, 0.717) is 0 Å². The van der Waals surface area contributed by atoms with E-state index in [9.17, 15) is 9.90 Å². The molecule has 0 bridgehead atoms. The molecule has 0 spiro atoms. The normalized spacial score (nSPS) is 12.4. The zero-order chi connectivity index (χ0) is 20.7. The van der Waals surface area contributed by atoms with Gasteiger partial charge >= 0.3 is 5.97 Å². The second-order valence-corrected chi connectivity index (χ2v) is 8.98. The molecule has 2 nitrogen and oxygen atoms in total. The number of rotatable bonds is 23. The highest BCUT2D eigenvalue weighted by atomic mass is 16.4. The number of unbranched alkanes of at least 4 members (excludes halogenated alkanes) is 18. The summed E-state index contributed by atoms with van der Waals surface area (Å²) in [6, 6.07) is 0. The molecule has 1 unspecified atom stereocenters. The lowest BCUT2D eigenvalue weighted by Crippen LogP contribution is -2.13. The number of carboxylic acid groups (broad SMARTS) is 1. The van der Waals surface area contributed by atoms with Gasteiger partial charge < -0.3 is 5.11 Å². The molecule has 0 saturated heterocycles. The molecule has 28 heavy (non-hydrogen) atoms. The highest BCUT2D eigenvalue weighted by Gasteiger charge is 2.16. The molecule has 0 rings (SSSR count). The molecule has 0 aliphatic carbocycles. The zero-order valence-corrected chi connectivity index (χ0v) is 19.5. The predicted molar refractivity (Wildman–Crippen MR) is 124 cm³/mol. The van der Waals surface area contributed by atoms with Crippen LogP contribution in [0.5, 0.6) is 0 Å². The minimum Gasteiger partial charge on any atom is -0.481 e. The lowest BCUT2D eigenvalue weighted by molar-refractivity contribution is -0.142. The van der Waals surface area contributed by atoms with Crippen molar-refractivity contribution in [3.63, 3.8) is 0 Å². The molecule has 0 fully saturated rings. The van der Waals surface area contributed by atoms with E-state index in [-0.39, 0.29) is 5.92 Å². The third kappa shape index (κ3) is 20.2. The number of aliphatic carboxylic acids is 1. The summed E-state index contributed by atoms with van der Waals surface area (Å²) in [7, 11) is 0. The largest absolute Gasteiger partial charge is 0.481 e. The fraction of sp³-hybridized carbons (Fsp3) is 0.962. The molecule has 2 heteroatoms. The Hall–Kier alpha value is -0.530. The SMILES string of the molecule is CCCCCCCCCCCCCCCCCCC(CCCCCC)C(=O)O. The minimum atomic E-state index is -0.572. The second kappa shape index (κ2) is 22.8. The maximum absolute atomic E-state index is 11.4. The van der Waals surface area contributed by atoms with Crippen LogP contribution < -0.4 is 0 Å². The van der Waals surface area contributed by atoms with Gasteiger partial charge in [0.05, 0.1) is 5.92 Å². The van der Waals surface area contributed by atoms with Crippen molar-refractivity contribution in [2.75, 3.05) is 0 Å². The maximum atomic E-state index is 11.4. The molecule has 0 aromatic carbocycles. The summed E-state index contributed by atoms with van der Waals surface area (Å²) in [4.78, 5) is 11.4. The lowest BCUT2D eigenvalue weighted by Gasteiger charge is -2.12. The van der Waals surface area contributed by atoms with Gasteiger partial charge in [0.25, 0.3) is 0 Å². The summed E-state index contributed by atoms with van der Waals surface area (Å²) in [5.41, 5.74) is 0. The van der Waals surface area contributed by atoms with Crippen molar-refractivity contribution in [2.24, 2.45) is 5.92 Å². The molecule has 0 heterocycles. The Balaban J connectivity index is 3.30. The molecule has 1 N–H and O–H groups in total. The summed E-state index contributed by atoms with van der Waals surface area (Å²) >= 11 is 0. The third-order valence-corrected chi connectivity index (χ3v) is 6.16. The van der Waals surface area contributed by atoms with Gasteiger partial charge in [0.2, 0.25) is 0 Å². The van der Waals surface area contributed by atoms with E-state index in [4.69, 9.17) is 0 Å². The average molecular weight is 397 g/mol. The first kappa shape index (κ1) is 27.5. The summed E-state index contributed by atoms with van der Waals surface area (Å²) in [6.07, 6.45) is 28.5. The molecule has 0 amide bonds. The molecule has 0 radical (unpaired) electrons. The number of hydrogen-bond donors (Lipinski definition) is 1. The van der Waals surface area contributed by atoms with E-state index in [0.717, 1.165) is 25.7 Å². The van der Waals surface area contributed by atoms with Crippen molar-refractivity contribution >= 4 is 5.97 Å². The molecule has 0 aromatic rings. The van der Waals surface area contributed by atoms with E-state index < -0.39 is 5.97 Å². The van der Waals surface area contributed by atoms with Crippen LogP contribution in [0.25, 0.3) is 0 Å². The van der Waals surface area contributed by atoms with Crippen LogP contribution in [0.2, 0.25) is 0 Å². The highest BCUT2D eigenvalue weighted by Crippen LogP contribution is 2.19. The first-order valence-corrected chi connectivity index (χ1v) is 12.9. The Kier molecular flexibility index (Phi) is 22.3. The second-order valence-electron chi connectivity index (χ2n) is 8.98. The topological polar surface area (TPSA) is 37.3 Å². The average Bonchev–Trinajstić information content (AvgIpc) is 2.69. The van der Waals surface area contributed by atoms with Gasteiger partial charge in [-0.15, -0.1) is 0 Å². The first-order chi connectivity index (χ1) is 13.7. The van der Waals surface area contributed by atoms with Crippen LogP contribution in [0, 0.1) is 5.92 Å². The van der Waals surface area contributed by atoms with Gasteiger partial charge in [-0.3, -0.25) is 4.79 Å². The van der Waals surface area contributed by atoms with Crippen LogP contribution >= 0.6 is 0 Å². The lowest BCUT2D eigenvalue weighted by atomic mass is 9.94. The molecule has 0 saturated carbocycles. The standard InChI is InChI=1S/C26H52O2/c1-3-5-7-9-10-11-12-13-14-15-16-17-18-19-20-22-24-25(26(27)28)23-21-8-6-4-2/h25H,3-24H2,1-2H3,(H,27,28). The monoisotopic (exact) mass is 396 g/mol. The smallest absolute Gasteiger partial charge is 0.306 e. The van der Waals surface area contributed by atoms with E-state index in [1.165, 1.54) is 116 Å². The van der Waals surface area contributed by atoms with Gasteiger partial charge in [0, 0.05) is 0 Å². The summed E-state index contributed by atoms with van der Waals surface area (Å²) < 4.78 is 0. The van der Waals surface area contributed by atoms with Crippen LogP contribution in [-0.4, -0.2) is 11.1 Å². The predicted octanol–water partition coefficient (Wildman–Crippen LogP) is 9.31. The van der Waals surface area contributed by atoms with E-state index in [2.05, 4.69) is 13.8 Å². The fourth-order valence-corrected chi connectivity index (χ4v) is 4.15. The van der Waals surface area contributed by atoms with Gasteiger partial charge in [-0.05, 0) is 12.8 Å². The molecular weight excluding hydrogens is 344 g/mol. The van der Waals surface area contributed by atoms with E-state index >= 15 is 0 Å².